The molecule has 0 bridgehead atoms. The molecule has 1 atom stereocenters. The number of rotatable bonds is 5. The van der Waals surface area contributed by atoms with Gasteiger partial charge in [0.1, 0.15) is 0 Å². The fourth-order valence-electron chi connectivity index (χ4n) is 0.623. The van der Waals surface area contributed by atoms with Gasteiger partial charge in [-0.15, -0.1) is 0 Å². The first-order valence-corrected chi connectivity index (χ1v) is 5.33. The van der Waals surface area contributed by atoms with Gasteiger partial charge in [-0.2, -0.15) is 11.8 Å². The van der Waals surface area contributed by atoms with Crippen molar-refractivity contribution in [1.82, 2.24) is 0 Å². The Balaban J connectivity index is 3.03. The second kappa shape index (κ2) is 6.09. The van der Waals surface area contributed by atoms with Crippen LogP contribution < -0.4 is 0 Å². The highest BCUT2D eigenvalue weighted by Crippen LogP contribution is 2.16. The Morgan fingerprint density at radius 3 is 2.20 bits per heavy atom. The first-order chi connectivity index (χ1) is 4.66. The zero-order chi connectivity index (χ0) is 7.98. The molecule has 0 aliphatic carbocycles. The zero-order valence-corrected chi connectivity index (χ0v) is 8.50. The molecule has 0 radical (unpaired) electrons. The van der Waals surface area contributed by atoms with E-state index < -0.39 is 0 Å². The molecule has 0 fully saturated rings. The molecule has 0 amide bonds. The van der Waals surface area contributed by atoms with Crippen LogP contribution in [0.5, 0.6) is 0 Å². The van der Waals surface area contributed by atoms with Crippen LogP contribution in [0.4, 0.5) is 0 Å². The normalized spacial score (nSPS) is 14.1. The van der Waals surface area contributed by atoms with Crippen molar-refractivity contribution in [3.05, 3.63) is 0 Å². The summed E-state index contributed by atoms with van der Waals surface area (Å²) in [5.41, 5.74) is 0. The molecule has 0 aromatic rings. The summed E-state index contributed by atoms with van der Waals surface area (Å²) in [4.78, 5) is 0. The molecule has 0 saturated carbocycles. The zero-order valence-electron chi connectivity index (χ0n) is 7.68. The second-order valence-electron chi connectivity index (χ2n) is 3.27. The molecule has 0 aromatic heterocycles. The van der Waals surface area contributed by atoms with Gasteiger partial charge in [-0.3, -0.25) is 0 Å². The van der Waals surface area contributed by atoms with Crippen LogP contribution in [0.2, 0.25) is 0 Å². The van der Waals surface area contributed by atoms with Gasteiger partial charge in [-0.1, -0.05) is 27.7 Å². The quantitative estimate of drug-likeness (QED) is 0.592. The maximum absolute atomic E-state index is 2.31. The van der Waals surface area contributed by atoms with E-state index in [0.29, 0.717) is 0 Å². The van der Waals surface area contributed by atoms with Crippen LogP contribution in [0, 0.1) is 5.92 Å². The fourth-order valence-corrected chi connectivity index (χ4v) is 1.87. The van der Waals surface area contributed by atoms with Gasteiger partial charge in [0.25, 0.3) is 0 Å². The Labute approximate surface area is 69.8 Å². The molecule has 0 aliphatic rings. The Morgan fingerprint density at radius 1 is 1.20 bits per heavy atom. The van der Waals surface area contributed by atoms with Gasteiger partial charge in [0.2, 0.25) is 0 Å². The van der Waals surface area contributed by atoms with Crippen molar-refractivity contribution >= 4 is 11.8 Å². The largest absolute Gasteiger partial charge is 0.159 e. The fraction of sp³-hybridized carbons (Fsp3) is 1.00. The van der Waals surface area contributed by atoms with Crippen molar-refractivity contribution in [2.45, 2.75) is 45.8 Å². The molecule has 0 heterocycles. The Morgan fingerprint density at radius 2 is 1.80 bits per heavy atom. The van der Waals surface area contributed by atoms with E-state index in [2.05, 4.69) is 39.5 Å². The van der Waals surface area contributed by atoms with E-state index in [-0.39, 0.29) is 0 Å². The van der Waals surface area contributed by atoms with Gasteiger partial charge < -0.3 is 0 Å². The predicted octanol–water partition coefficient (Wildman–Crippen LogP) is 3.56. The van der Waals surface area contributed by atoms with Gasteiger partial charge in [-0.05, 0) is 24.5 Å². The monoisotopic (exact) mass is 160 g/mol. The van der Waals surface area contributed by atoms with E-state index in [1.165, 1.54) is 18.6 Å². The highest BCUT2D eigenvalue weighted by atomic mass is 32.2. The molecule has 10 heavy (non-hydrogen) atoms. The lowest BCUT2D eigenvalue weighted by Gasteiger charge is -2.08. The molecule has 0 saturated heterocycles. The first-order valence-electron chi connectivity index (χ1n) is 4.28. The highest BCUT2D eigenvalue weighted by Gasteiger charge is 1.99. The molecule has 1 unspecified atom stereocenters. The summed E-state index contributed by atoms with van der Waals surface area (Å²) in [6.07, 6.45) is 2.68. The average Bonchev–Trinajstić information content (AvgIpc) is 1.87. The third-order valence-corrected chi connectivity index (χ3v) is 3.05. The smallest absolute Gasteiger partial charge is 0.00160 e. The van der Waals surface area contributed by atoms with Crippen LogP contribution in [0.3, 0.4) is 0 Å². The summed E-state index contributed by atoms with van der Waals surface area (Å²) >= 11 is 2.10. The van der Waals surface area contributed by atoms with Gasteiger partial charge in [0.15, 0.2) is 0 Å². The predicted molar refractivity (Wildman–Crippen MR) is 51.7 cm³/mol. The molecule has 0 spiro atoms. The highest BCUT2D eigenvalue weighted by molar-refractivity contribution is 7.99. The lowest BCUT2D eigenvalue weighted by Crippen LogP contribution is -1.97. The maximum atomic E-state index is 2.31. The first kappa shape index (κ1) is 10.3. The third kappa shape index (κ3) is 6.47. The van der Waals surface area contributed by atoms with Gasteiger partial charge >= 0.3 is 0 Å². The van der Waals surface area contributed by atoms with Crippen LogP contribution in [0.1, 0.15) is 40.5 Å². The minimum atomic E-state index is 0.860. The summed E-state index contributed by atoms with van der Waals surface area (Å²) < 4.78 is 0. The second-order valence-corrected chi connectivity index (χ2v) is 4.82. The Kier molecular flexibility index (Phi) is 6.30. The van der Waals surface area contributed by atoms with E-state index in [0.717, 1.165) is 11.2 Å². The van der Waals surface area contributed by atoms with E-state index in [1.807, 2.05) is 0 Å². The van der Waals surface area contributed by atoms with Crippen LogP contribution in [0.15, 0.2) is 0 Å². The standard InChI is InChI=1S/C9H20S/c1-5-9(4)10-7-6-8(2)3/h8-9H,5-7H2,1-4H3. The van der Waals surface area contributed by atoms with Gasteiger partial charge in [0, 0.05) is 5.25 Å². The van der Waals surface area contributed by atoms with Crippen molar-refractivity contribution in [2.24, 2.45) is 5.92 Å². The molecule has 0 N–H and O–H groups in total. The molecule has 0 aliphatic heterocycles. The van der Waals surface area contributed by atoms with E-state index >= 15 is 0 Å². The number of hydrogen-bond donors (Lipinski definition) is 0. The molecular weight excluding hydrogens is 140 g/mol. The van der Waals surface area contributed by atoms with Crippen molar-refractivity contribution in [1.29, 1.82) is 0 Å². The summed E-state index contributed by atoms with van der Waals surface area (Å²) in [7, 11) is 0. The topological polar surface area (TPSA) is 0 Å². The minimum absolute atomic E-state index is 0.860. The van der Waals surface area contributed by atoms with Crippen molar-refractivity contribution in [3.8, 4) is 0 Å². The lowest BCUT2D eigenvalue weighted by molar-refractivity contribution is 0.631. The molecule has 0 rings (SSSR count). The van der Waals surface area contributed by atoms with Gasteiger partial charge in [0.05, 0.1) is 0 Å². The van der Waals surface area contributed by atoms with Crippen molar-refractivity contribution < 1.29 is 0 Å². The summed E-state index contributed by atoms with van der Waals surface area (Å²) in [6.45, 7) is 9.15. The van der Waals surface area contributed by atoms with Crippen LogP contribution in [0.25, 0.3) is 0 Å². The summed E-state index contributed by atoms with van der Waals surface area (Å²) in [5, 5.41) is 0.860. The van der Waals surface area contributed by atoms with Crippen LogP contribution in [-0.4, -0.2) is 11.0 Å². The van der Waals surface area contributed by atoms with E-state index in [9.17, 15) is 0 Å². The number of hydrogen-bond acceptors (Lipinski definition) is 1. The molecule has 62 valence electrons. The summed E-state index contributed by atoms with van der Waals surface area (Å²) in [6, 6.07) is 0. The van der Waals surface area contributed by atoms with E-state index in [1.54, 1.807) is 0 Å². The minimum Gasteiger partial charge on any atom is -0.159 e. The Hall–Kier alpha value is 0.350. The lowest BCUT2D eigenvalue weighted by atomic mass is 10.2. The van der Waals surface area contributed by atoms with Gasteiger partial charge in [-0.25, -0.2) is 0 Å². The SMILES string of the molecule is CCC(C)SCCC(C)C. The number of thioether (sulfide) groups is 1. The van der Waals surface area contributed by atoms with Crippen LogP contribution in [-0.2, 0) is 0 Å². The van der Waals surface area contributed by atoms with Crippen LogP contribution >= 0.6 is 11.8 Å². The van der Waals surface area contributed by atoms with Crippen molar-refractivity contribution in [3.63, 3.8) is 0 Å². The van der Waals surface area contributed by atoms with E-state index in [4.69, 9.17) is 0 Å². The average molecular weight is 160 g/mol. The molecule has 1 heteroatoms. The summed E-state index contributed by atoms with van der Waals surface area (Å²) in [5.74, 6) is 2.21. The third-order valence-electron chi connectivity index (χ3n) is 1.67. The Bertz CT molecular complexity index is 69.1. The molecule has 0 nitrogen and oxygen atoms in total. The molecule has 0 aromatic carbocycles. The molecular formula is C9H20S. The maximum Gasteiger partial charge on any atom is 0.00160 e. The van der Waals surface area contributed by atoms with Crippen molar-refractivity contribution in [2.75, 3.05) is 5.75 Å².